The summed E-state index contributed by atoms with van der Waals surface area (Å²) in [5.74, 6) is -0.442. The highest BCUT2D eigenvalue weighted by atomic mass is 79.9. The maximum absolute atomic E-state index is 12.6. The molecule has 0 radical (unpaired) electrons. The van der Waals surface area contributed by atoms with Crippen LogP contribution in [-0.2, 0) is 15.7 Å². The van der Waals surface area contributed by atoms with Gasteiger partial charge in [0.05, 0.1) is 12.7 Å². The van der Waals surface area contributed by atoms with E-state index in [1.807, 2.05) is 0 Å². The molecule has 7 heteroatoms. The van der Waals surface area contributed by atoms with Gasteiger partial charge in [-0.25, -0.2) is 4.79 Å². The van der Waals surface area contributed by atoms with Crippen LogP contribution in [0.25, 0.3) is 0 Å². The molecule has 0 heterocycles. The number of nitrogens with one attached hydrogen (secondary N) is 1. The lowest BCUT2D eigenvalue weighted by molar-refractivity contribution is -0.138. The van der Waals surface area contributed by atoms with Crippen LogP contribution in [-0.4, -0.2) is 19.6 Å². The number of hydrogen-bond donors (Lipinski definition) is 1. The van der Waals surface area contributed by atoms with Gasteiger partial charge >= 0.3 is 12.1 Å². The standard InChI is InChI=1S/C14H15BrF3NO2/c1-3-9(13(20)21-2)6-7-19-12-8-10(14(16,17)18)4-5-11(12)15/h4-6,8,19H,3,7H2,1-2H3/b9-6-. The molecule has 0 amide bonds. The fraction of sp³-hybridized carbons (Fsp3) is 0.357. The Labute approximate surface area is 129 Å². The number of anilines is 1. The van der Waals surface area contributed by atoms with Gasteiger partial charge in [0.2, 0.25) is 0 Å². The second kappa shape index (κ2) is 7.49. The Hall–Kier alpha value is -1.50. The van der Waals surface area contributed by atoms with E-state index in [2.05, 4.69) is 26.0 Å². The van der Waals surface area contributed by atoms with Crippen molar-refractivity contribution in [2.45, 2.75) is 19.5 Å². The minimum Gasteiger partial charge on any atom is -0.466 e. The summed E-state index contributed by atoms with van der Waals surface area (Å²) in [7, 11) is 1.28. The molecule has 0 saturated carbocycles. The molecule has 0 spiro atoms. The number of carbonyl (C=O) groups is 1. The number of methoxy groups -OCH3 is 1. The Morgan fingerprint density at radius 1 is 1.43 bits per heavy atom. The first-order chi connectivity index (χ1) is 9.79. The zero-order valence-corrected chi connectivity index (χ0v) is 13.1. The average molecular weight is 366 g/mol. The third kappa shape index (κ3) is 5.08. The lowest BCUT2D eigenvalue weighted by Crippen LogP contribution is -2.09. The number of rotatable bonds is 5. The number of esters is 1. The Morgan fingerprint density at radius 2 is 2.10 bits per heavy atom. The molecule has 0 atom stereocenters. The summed E-state index contributed by atoms with van der Waals surface area (Å²) in [4.78, 5) is 11.4. The van der Waals surface area contributed by atoms with E-state index < -0.39 is 17.7 Å². The van der Waals surface area contributed by atoms with Gasteiger partial charge in [-0.2, -0.15) is 13.2 Å². The molecule has 3 nitrogen and oxygen atoms in total. The predicted octanol–water partition coefficient (Wildman–Crippen LogP) is 4.39. The van der Waals surface area contributed by atoms with Gasteiger partial charge in [-0.3, -0.25) is 0 Å². The van der Waals surface area contributed by atoms with Crippen LogP contribution < -0.4 is 5.32 Å². The third-order valence-electron chi connectivity index (χ3n) is 2.76. The smallest absolute Gasteiger partial charge is 0.416 e. The number of hydrogen-bond acceptors (Lipinski definition) is 3. The van der Waals surface area contributed by atoms with Crippen molar-refractivity contribution in [3.63, 3.8) is 0 Å². The van der Waals surface area contributed by atoms with Crippen LogP contribution in [0.5, 0.6) is 0 Å². The van der Waals surface area contributed by atoms with Gasteiger partial charge in [0.1, 0.15) is 0 Å². The van der Waals surface area contributed by atoms with Crippen LogP contribution in [0.3, 0.4) is 0 Å². The SMILES string of the molecule is CC/C(=C/CNc1cc(C(F)(F)F)ccc1Br)C(=O)OC. The van der Waals surface area contributed by atoms with Gasteiger partial charge in [0.25, 0.3) is 0 Å². The number of ether oxygens (including phenoxy) is 1. The summed E-state index contributed by atoms with van der Waals surface area (Å²) in [6, 6.07) is 3.34. The van der Waals surface area contributed by atoms with Crippen LogP contribution in [0.4, 0.5) is 18.9 Å². The Kier molecular flexibility index (Phi) is 6.26. The van der Waals surface area contributed by atoms with Gasteiger partial charge in [-0.05, 0) is 40.5 Å². The molecule has 1 rings (SSSR count). The van der Waals surface area contributed by atoms with Gasteiger partial charge in [0, 0.05) is 22.3 Å². The van der Waals surface area contributed by atoms with Crippen molar-refractivity contribution in [1.29, 1.82) is 0 Å². The summed E-state index contributed by atoms with van der Waals surface area (Å²) < 4.78 is 43.0. The zero-order valence-electron chi connectivity index (χ0n) is 11.6. The first-order valence-corrected chi connectivity index (χ1v) is 6.96. The zero-order chi connectivity index (χ0) is 16.0. The van der Waals surface area contributed by atoms with Crippen LogP contribution in [0.2, 0.25) is 0 Å². The van der Waals surface area contributed by atoms with Crippen LogP contribution in [0.15, 0.2) is 34.3 Å². The normalized spacial score (nSPS) is 12.2. The average Bonchev–Trinajstić information content (AvgIpc) is 2.43. The molecule has 0 aliphatic heterocycles. The third-order valence-corrected chi connectivity index (χ3v) is 3.45. The Morgan fingerprint density at radius 3 is 2.62 bits per heavy atom. The van der Waals surface area contributed by atoms with Crippen molar-refractivity contribution >= 4 is 27.6 Å². The van der Waals surface area contributed by atoms with E-state index in [0.717, 1.165) is 12.1 Å². The van der Waals surface area contributed by atoms with E-state index in [1.165, 1.54) is 13.2 Å². The van der Waals surface area contributed by atoms with Crippen molar-refractivity contribution in [2.75, 3.05) is 19.0 Å². The maximum Gasteiger partial charge on any atom is 0.416 e. The van der Waals surface area contributed by atoms with Crippen LogP contribution in [0, 0.1) is 0 Å². The molecule has 0 bridgehead atoms. The summed E-state index contributed by atoms with van der Waals surface area (Å²) in [5.41, 5.74) is 0.0374. The first kappa shape index (κ1) is 17.6. The molecule has 0 fully saturated rings. The molecular weight excluding hydrogens is 351 g/mol. The van der Waals surface area contributed by atoms with Gasteiger partial charge in [-0.1, -0.05) is 13.0 Å². The highest BCUT2D eigenvalue weighted by molar-refractivity contribution is 9.10. The van der Waals surface area contributed by atoms with Crippen molar-refractivity contribution in [3.05, 3.63) is 39.9 Å². The first-order valence-electron chi connectivity index (χ1n) is 6.17. The molecule has 0 aromatic heterocycles. The molecule has 0 aliphatic rings. The fourth-order valence-electron chi connectivity index (χ4n) is 1.62. The van der Waals surface area contributed by atoms with Crippen molar-refractivity contribution in [3.8, 4) is 0 Å². The molecule has 116 valence electrons. The molecular formula is C14H15BrF3NO2. The second-order valence-corrected chi connectivity index (χ2v) is 5.00. The molecule has 0 aliphatic carbocycles. The summed E-state index contributed by atoms with van der Waals surface area (Å²) >= 11 is 3.18. The number of carbonyl (C=O) groups excluding carboxylic acids is 1. The van der Waals surface area contributed by atoms with E-state index in [9.17, 15) is 18.0 Å². The summed E-state index contributed by atoms with van der Waals surface area (Å²) in [5, 5.41) is 2.84. The quantitative estimate of drug-likeness (QED) is 0.621. The topological polar surface area (TPSA) is 38.3 Å². The van der Waals surface area contributed by atoms with E-state index in [1.54, 1.807) is 13.0 Å². The van der Waals surface area contributed by atoms with Crippen LogP contribution in [0.1, 0.15) is 18.9 Å². The molecule has 21 heavy (non-hydrogen) atoms. The van der Waals surface area contributed by atoms with Gasteiger partial charge in [-0.15, -0.1) is 0 Å². The fourth-order valence-corrected chi connectivity index (χ4v) is 2.01. The number of halogens is 4. The summed E-state index contributed by atoms with van der Waals surface area (Å²) in [6.07, 6.45) is -2.32. The lowest BCUT2D eigenvalue weighted by atomic mass is 10.2. The van der Waals surface area contributed by atoms with E-state index in [0.29, 0.717) is 22.2 Å². The van der Waals surface area contributed by atoms with Gasteiger partial charge < -0.3 is 10.1 Å². The minimum atomic E-state index is -4.40. The van der Waals surface area contributed by atoms with Crippen LogP contribution >= 0.6 is 15.9 Å². The molecule has 1 aromatic carbocycles. The molecule has 0 unspecified atom stereocenters. The largest absolute Gasteiger partial charge is 0.466 e. The highest BCUT2D eigenvalue weighted by Gasteiger charge is 2.30. The Balaban J connectivity index is 2.84. The Bertz CT molecular complexity index is 542. The van der Waals surface area contributed by atoms with E-state index >= 15 is 0 Å². The minimum absolute atomic E-state index is 0.220. The van der Waals surface area contributed by atoms with Crippen molar-refractivity contribution in [2.24, 2.45) is 0 Å². The van der Waals surface area contributed by atoms with E-state index in [-0.39, 0.29) is 6.54 Å². The second-order valence-electron chi connectivity index (χ2n) is 4.15. The monoisotopic (exact) mass is 365 g/mol. The summed E-state index contributed by atoms with van der Waals surface area (Å²) in [6.45, 7) is 2.02. The lowest BCUT2D eigenvalue weighted by Gasteiger charge is -2.12. The number of benzene rings is 1. The predicted molar refractivity (Wildman–Crippen MR) is 78.0 cm³/mol. The van der Waals surface area contributed by atoms with Crippen molar-refractivity contribution in [1.82, 2.24) is 0 Å². The van der Waals surface area contributed by atoms with Crippen molar-refractivity contribution < 1.29 is 22.7 Å². The number of alkyl halides is 3. The van der Waals surface area contributed by atoms with E-state index in [4.69, 9.17) is 0 Å². The molecule has 0 saturated heterocycles. The highest BCUT2D eigenvalue weighted by Crippen LogP contribution is 2.33. The molecule has 1 N–H and O–H groups in total. The van der Waals surface area contributed by atoms with Gasteiger partial charge in [0.15, 0.2) is 0 Å². The maximum atomic E-state index is 12.6. The molecule has 1 aromatic rings.